The van der Waals surface area contributed by atoms with E-state index in [9.17, 15) is 4.57 Å². The number of ether oxygens (including phenoxy) is 1. The summed E-state index contributed by atoms with van der Waals surface area (Å²) in [5.41, 5.74) is 1.38. The first-order chi connectivity index (χ1) is 14.7. The van der Waals surface area contributed by atoms with Crippen LogP contribution in [0.5, 0.6) is 0 Å². The molecular formula is C23H25N2O4P. The van der Waals surface area contributed by atoms with E-state index in [0.29, 0.717) is 55.4 Å². The molecule has 4 rings (SSSR count). The zero-order valence-corrected chi connectivity index (χ0v) is 17.8. The lowest BCUT2D eigenvalue weighted by Gasteiger charge is -2.28. The predicted molar refractivity (Wildman–Crippen MR) is 120 cm³/mol. The van der Waals surface area contributed by atoms with Crippen LogP contribution in [-0.2, 0) is 13.8 Å². The summed E-state index contributed by atoms with van der Waals surface area (Å²) in [6, 6.07) is 19.1. The third-order valence-electron chi connectivity index (χ3n) is 4.81. The van der Waals surface area contributed by atoms with Gasteiger partial charge in [0.15, 0.2) is 5.44 Å². The van der Waals surface area contributed by atoms with Crippen molar-refractivity contribution >= 4 is 36.1 Å². The van der Waals surface area contributed by atoms with Gasteiger partial charge in [0.05, 0.1) is 19.8 Å². The normalized spacial score (nSPS) is 16.6. The Balaban J connectivity index is 1.78. The minimum absolute atomic E-state index is 0.302. The molecule has 1 atom stereocenters. The van der Waals surface area contributed by atoms with Crippen LogP contribution < -0.4 is 15.6 Å². The summed E-state index contributed by atoms with van der Waals surface area (Å²) < 4.78 is 31.6. The largest absolute Gasteiger partial charge is 0.420 e. The molecule has 0 N–H and O–H groups in total. The van der Waals surface area contributed by atoms with E-state index in [4.69, 9.17) is 13.7 Å². The molecule has 0 spiro atoms. The maximum absolute atomic E-state index is 14.1. The Labute approximate surface area is 176 Å². The standard InChI is InChI=1S/C23H25N2O4P/c1-2-28-30(26,20-11-7-4-8-12-20)22-23(25-15-17-27-18-16-25)29-21(24-22)14-13-19-9-5-3-6-10-19/h3-14H,2,15-18H2,1H3/b14-13+. The van der Waals surface area contributed by atoms with Crippen LogP contribution in [0.15, 0.2) is 65.1 Å². The van der Waals surface area contributed by atoms with Gasteiger partial charge in [-0.3, -0.25) is 4.57 Å². The van der Waals surface area contributed by atoms with Crippen molar-refractivity contribution < 1.29 is 18.2 Å². The highest BCUT2D eigenvalue weighted by Crippen LogP contribution is 2.47. The first-order valence-electron chi connectivity index (χ1n) is 10.1. The molecule has 1 fully saturated rings. The van der Waals surface area contributed by atoms with Crippen molar-refractivity contribution in [2.45, 2.75) is 6.92 Å². The van der Waals surface area contributed by atoms with Gasteiger partial charge < -0.3 is 18.6 Å². The van der Waals surface area contributed by atoms with Crippen LogP contribution in [0.4, 0.5) is 5.88 Å². The number of aromatic nitrogens is 1. The lowest BCUT2D eigenvalue weighted by molar-refractivity contribution is 0.121. The fraction of sp³-hybridized carbons (Fsp3) is 0.261. The number of nitrogens with zero attached hydrogens (tertiary/aromatic N) is 2. The molecular weight excluding hydrogens is 399 g/mol. The monoisotopic (exact) mass is 424 g/mol. The van der Waals surface area contributed by atoms with Crippen LogP contribution in [0.25, 0.3) is 12.2 Å². The number of hydrogen-bond acceptors (Lipinski definition) is 6. The molecule has 30 heavy (non-hydrogen) atoms. The Hall–Kier alpha value is -2.66. The fourth-order valence-corrected chi connectivity index (χ4v) is 5.46. The predicted octanol–water partition coefficient (Wildman–Crippen LogP) is 3.95. The van der Waals surface area contributed by atoms with Gasteiger partial charge in [-0.15, -0.1) is 0 Å². The molecule has 156 valence electrons. The summed E-state index contributed by atoms with van der Waals surface area (Å²) in [6.07, 6.45) is 3.72. The second-order valence-electron chi connectivity index (χ2n) is 6.83. The zero-order valence-electron chi connectivity index (χ0n) is 16.9. The lowest BCUT2D eigenvalue weighted by Crippen LogP contribution is -2.39. The Morgan fingerprint density at radius 2 is 1.70 bits per heavy atom. The van der Waals surface area contributed by atoms with Crippen LogP contribution in [0, 0.1) is 0 Å². The van der Waals surface area contributed by atoms with Gasteiger partial charge in [0.2, 0.25) is 11.8 Å². The lowest BCUT2D eigenvalue weighted by atomic mass is 10.2. The van der Waals surface area contributed by atoms with E-state index >= 15 is 0 Å². The number of oxazole rings is 1. The van der Waals surface area contributed by atoms with Gasteiger partial charge in [-0.05, 0) is 30.7 Å². The Morgan fingerprint density at radius 1 is 1.03 bits per heavy atom. The van der Waals surface area contributed by atoms with Gasteiger partial charge in [0.25, 0.3) is 7.37 Å². The van der Waals surface area contributed by atoms with Gasteiger partial charge in [-0.25, -0.2) is 4.98 Å². The summed E-state index contributed by atoms with van der Waals surface area (Å²) in [5.74, 6) is 0.887. The maximum atomic E-state index is 14.1. The minimum atomic E-state index is -3.42. The molecule has 2 heterocycles. The van der Waals surface area contributed by atoms with Crippen LogP contribution in [0.3, 0.4) is 0 Å². The van der Waals surface area contributed by atoms with Crippen LogP contribution in [0.1, 0.15) is 18.4 Å². The van der Waals surface area contributed by atoms with Gasteiger partial charge in [-0.1, -0.05) is 48.5 Å². The average molecular weight is 424 g/mol. The summed E-state index contributed by atoms with van der Waals surface area (Å²) >= 11 is 0. The van der Waals surface area contributed by atoms with Gasteiger partial charge >= 0.3 is 0 Å². The van der Waals surface area contributed by atoms with E-state index in [2.05, 4.69) is 4.98 Å². The third kappa shape index (κ3) is 4.41. The van der Waals surface area contributed by atoms with Crippen LogP contribution in [0.2, 0.25) is 0 Å². The number of anilines is 1. The van der Waals surface area contributed by atoms with Gasteiger partial charge in [0, 0.05) is 24.5 Å². The summed E-state index contributed by atoms with van der Waals surface area (Å²) in [7, 11) is -3.42. The third-order valence-corrected chi connectivity index (χ3v) is 7.26. The number of hydrogen-bond donors (Lipinski definition) is 0. The van der Waals surface area contributed by atoms with Gasteiger partial charge in [-0.2, -0.15) is 0 Å². The molecule has 3 aromatic rings. The van der Waals surface area contributed by atoms with Gasteiger partial charge in [0.1, 0.15) is 0 Å². The highest BCUT2D eigenvalue weighted by atomic mass is 31.2. The summed E-state index contributed by atoms with van der Waals surface area (Å²) in [5, 5.41) is 0.605. The van der Waals surface area contributed by atoms with Crippen molar-refractivity contribution in [3.63, 3.8) is 0 Å². The number of benzene rings is 2. The van der Waals surface area contributed by atoms with Crippen molar-refractivity contribution in [3.8, 4) is 0 Å². The number of morpholine rings is 1. The van der Waals surface area contributed by atoms with Crippen molar-refractivity contribution in [3.05, 3.63) is 72.1 Å². The van der Waals surface area contributed by atoms with E-state index in [1.54, 1.807) is 6.08 Å². The van der Waals surface area contributed by atoms with Crippen molar-refractivity contribution in [1.29, 1.82) is 0 Å². The number of rotatable bonds is 7. The topological polar surface area (TPSA) is 64.8 Å². The smallest absolute Gasteiger partial charge is 0.284 e. The molecule has 0 saturated carbocycles. The van der Waals surface area contributed by atoms with Crippen molar-refractivity contribution in [1.82, 2.24) is 4.98 Å². The SMILES string of the molecule is CCOP(=O)(c1ccccc1)c1nc(/C=C/c2ccccc2)oc1N1CCOCC1. The van der Waals surface area contributed by atoms with E-state index in [1.165, 1.54) is 0 Å². The van der Waals surface area contributed by atoms with Crippen molar-refractivity contribution in [2.24, 2.45) is 0 Å². The molecule has 1 aromatic heterocycles. The highest BCUT2D eigenvalue weighted by molar-refractivity contribution is 7.74. The molecule has 2 aromatic carbocycles. The quantitative estimate of drug-likeness (QED) is 0.535. The molecule has 1 unspecified atom stereocenters. The second kappa shape index (κ2) is 9.43. The van der Waals surface area contributed by atoms with E-state index < -0.39 is 7.37 Å². The zero-order chi connectivity index (χ0) is 20.8. The first-order valence-corrected chi connectivity index (χ1v) is 11.7. The highest BCUT2D eigenvalue weighted by Gasteiger charge is 2.37. The fourth-order valence-electron chi connectivity index (χ4n) is 3.35. The molecule has 0 bridgehead atoms. The Morgan fingerprint density at radius 3 is 2.37 bits per heavy atom. The van der Waals surface area contributed by atoms with Crippen LogP contribution >= 0.6 is 7.37 Å². The molecule has 0 radical (unpaired) electrons. The molecule has 0 amide bonds. The molecule has 0 aliphatic carbocycles. The summed E-state index contributed by atoms with van der Waals surface area (Å²) in [6.45, 7) is 4.59. The first kappa shape index (κ1) is 20.6. The molecule has 1 saturated heterocycles. The van der Waals surface area contributed by atoms with Crippen LogP contribution in [-0.4, -0.2) is 37.9 Å². The second-order valence-corrected chi connectivity index (χ2v) is 9.13. The molecule has 1 aliphatic heterocycles. The van der Waals surface area contributed by atoms with Crippen molar-refractivity contribution in [2.75, 3.05) is 37.8 Å². The average Bonchev–Trinajstić information content (AvgIpc) is 3.25. The van der Waals surface area contributed by atoms with E-state index in [1.807, 2.05) is 78.6 Å². The molecule has 7 heteroatoms. The molecule has 6 nitrogen and oxygen atoms in total. The van der Waals surface area contributed by atoms with E-state index in [-0.39, 0.29) is 0 Å². The minimum Gasteiger partial charge on any atom is -0.420 e. The molecule has 1 aliphatic rings. The maximum Gasteiger partial charge on any atom is 0.284 e. The summed E-state index contributed by atoms with van der Waals surface area (Å²) in [4.78, 5) is 6.67. The van der Waals surface area contributed by atoms with E-state index in [0.717, 1.165) is 5.56 Å². The Kier molecular flexibility index (Phi) is 6.48. The Bertz CT molecular complexity index is 1030.